The number of nitrogens with one attached hydrogen (secondary N) is 1. The summed E-state index contributed by atoms with van der Waals surface area (Å²) in [5.41, 5.74) is -0.242. The van der Waals surface area contributed by atoms with Crippen molar-refractivity contribution in [2.24, 2.45) is 0 Å². The normalized spacial score (nSPS) is 12.9. The highest BCUT2D eigenvalue weighted by atomic mass is 16.3. The van der Waals surface area contributed by atoms with E-state index >= 15 is 0 Å². The van der Waals surface area contributed by atoms with Crippen LogP contribution in [-0.2, 0) is 6.54 Å². The maximum absolute atomic E-state index is 11.6. The monoisotopic (exact) mass is 257 g/mol. The zero-order valence-electron chi connectivity index (χ0n) is 10.6. The SMILES string of the molecule is Cc1cc(=O)n(CCN(C)CC(O)CO)c(=O)[nH]1. The molecule has 0 aliphatic rings. The topological polar surface area (TPSA) is 98.6 Å². The Labute approximate surface area is 104 Å². The van der Waals surface area contributed by atoms with Crippen LogP contribution in [0.4, 0.5) is 0 Å². The first-order valence-corrected chi connectivity index (χ1v) is 5.72. The smallest absolute Gasteiger partial charge is 0.328 e. The van der Waals surface area contributed by atoms with E-state index in [1.807, 2.05) is 0 Å². The van der Waals surface area contributed by atoms with Crippen LogP contribution in [0.1, 0.15) is 5.69 Å². The minimum absolute atomic E-state index is 0.239. The summed E-state index contributed by atoms with van der Waals surface area (Å²) in [4.78, 5) is 27.4. The Kier molecular flexibility index (Phi) is 5.26. The molecule has 1 heterocycles. The Hall–Kier alpha value is -1.44. The first-order valence-electron chi connectivity index (χ1n) is 5.72. The predicted octanol–water partition coefficient (Wildman–Crippen LogP) is -1.87. The number of aliphatic hydroxyl groups excluding tert-OH is 2. The van der Waals surface area contributed by atoms with Gasteiger partial charge in [-0.05, 0) is 14.0 Å². The largest absolute Gasteiger partial charge is 0.394 e. The molecule has 0 aliphatic heterocycles. The van der Waals surface area contributed by atoms with Gasteiger partial charge in [-0.3, -0.25) is 9.36 Å². The zero-order valence-corrected chi connectivity index (χ0v) is 10.6. The van der Waals surface area contributed by atoms with Crippen molar-refractivity contribution in [3.63, 3.8) is 0 Å². The Morgan fingerprint density at radius 1 is 1.50 bits per heavy atom. The van der Waals surface area contributed by atoms with E-state index in [4.69, 9.17) is 5.11 Å². The number of H-pyrrole nitrogens is 1. The molecule has 1 aromatic heterocycles. The van der Waals surface area contributed by atoms with Gasteiger partial charge in [0.2, 0.25) is 0 Å². The quantitative estimate of drug-likeness (QED) is 0.554. The molecule has 7 nitrogen and oxygen atoms in total. The molecule has 1 unspecified atom stereocenters. The molecule has 1 atom stereocenters. The number of hydrogen-bond acceptors (Lipinski definition) is 5. The average molecular weight is 257 g/mol. The maximum atomic E-state index is 11.6. The van der Waals surface area contributed by atoms with Gasteiger partial charge in [0.15, 0.2) is 0 Å². The second kappa shape index (κ2) is 6.48. The van der Waals surface area contributed by atoms with Crippen molar-refractivity contribution >= 4 is 0 Å². The molecule has 0 fully saturated rings. The molecule has 7 heteroatoms. The van der Waals surface area contributed by atoms with Crippen molar-refractivity contribution < 1.29 is 10.2 Å². The van der Waals surface area contributed by atoms with Gasteiger partial charge in [-0.2, -0.15) is 0 Å². The van der Waals surface area contributed by atoms with Crippen molar-refractivity contribution in [3.05, 3.63) is 32.6 Å². The van der Waals surface area contributed by atoms with Crippen LogP contribution >= 0.6 is 0 Å². The highest BCUT2D eigenvalue weighted by molar-refractivity contribution is 4.96. The lowest BCUT2D eigenvalue weighted by molar-refractivity contribution is 0.0656. The third-order valence-corrected chi connectivity index (χ3v) is 2.59. The first kappa shape index (κ1) is 14.6. The standard InChI is InChI=1S/C11H19N3O4/c1-8-5-10(17)14(11(18)12-8)4-3-13(2)6-9(16)7-15/h5,9,15-16H,3-4,6-7H2,1-2H3,(H,12,18). The van der Waals surface area contributed by atoms with Crippen LogP contribution < -0.4 is 11.2 Å². The zero-order chi connectivity index (χ0) is 13.7. The number of hydrogen-bond donors (Lipinski definition) is 3. The van der Waals surface area contributed by atoms with Gasteiger partial charge in [0.1, 0.15) is 0 Å². The van der Waals surface area contributed by atoms with Crippen LogP contribution in [0, 0.1) is 6.92 Å². The van der Waals surface area contributed by atoms with E-state index in [0.717, 1.165) is 4.57 Å². The number of nitrogens with zero attached hydrogens (tertiary/aromatic N) is 2. The summed E-state index contributed by atoms with van der Waals surface area (Å²) in [5, 5.41) is 17.9. The summed E-state index contributed by atoms with van der Waals surface area (Å²) in [6, 6.07) is 1.37. The van der Waals surface area contributed by atoms with Crippen LogP contribution in [0.25, 0.3) is 0 Å². The summed E-state index contributed by atoms with van der Waals surface area (Å²) in [6.45, 7) is 2.30. The van der Waals surface area contributed by atoms with Gasteiger partial charge >= 0.3 is 5.69 Å². The van der Waals surface area contributed by atoms with Gasteiger partial charge in [0, 0.05) is 31.4 Å². The second-order valence-electron chi connectivity index (χ2n) is 4.35. The fourth-order valence-electron chi connectivity index (χ4n) is 1.63. The third kappa shape index (κ3) is 4.10. The minimum Gasteiger partial charge on any atom is -0.394 e. The van der Waals surface area contributed by atoms with Gasteiger partial charge in [0.05, 0.1) is 12.7 Å². The Bertz CT molecular complexity index is 463. The predicted molar refractivity (Wildman–Crippen MR) is 66.6 cm³/mol. The maximum Gasteiger partial charge on any atom is 0.328 e. The van der Waals surface area contributed by atoms with E-state index in [9.17, 15) is 14.7 Å². The van der Waals surface area contributed by atoms with Crippen LogP contribution in [0.3, 0.4) is 0 Å². The van der Waals surface area contributed by atoms with Gasteiger partial charge in [0.25, 0.3) is 5.56 Å². The van der Waals surface area contributed by atoms with E-state index in [-0.39, 0.29) is 25.3 Å². The van der Waals surface area contributed by atoms with E-state index in [0.29, 0.717) is 12.2 Å². The molecule has 18 heavy (non-hydrogen) atoms. The highest BCUT2D eigenvalue weighted by Crippen LogP contribution is 1.89. The molecule has 0 radical (unpaired) electrons. The number of aliphatic hydroxyl groups is 2. The summed E-state index contributed by atoms with van der Waals surface area (Å²) in [5.74, 6) is 0. The van der Waals surface area contributed by atoms with Gasteiger partial charge in [-0.1, -0.05) is 0 Å². The fourth-order valence-corrected chi connectivity index (χ4v) is 1.63. The third-order valence-electron chi connectivity index (χ3n) is 2.59. The van der Waals surface area contributed by atoms with Gasteiger partial charge in [-0.25, -0.2) is 4.79 Å². The number of likely N-dealkylation sites (N-methyl/N-ethyl adjacent to an activating group) is 1. The number of rotatable bonds is 6. The van der Waals surface area contributed by atoms with Crippen LogP contribution in [0.15, 0.2) is 15.7 Å². The molecule has 0 saturated heterocycles. The van der Waals surface area contributed by atoms with E-state index < -0.39 is 11.8 Å². The average Bonchev–Trinajstić information content (AvgIpc) is 2.27. The molecule has 0 amide bonds. The Balaban J connectivity index is 2.64. The molecule has 3 N–H and O–H groups in total. The van der Waals surface area contributed by atoms with Crippen molar-refractivity contribution in [2.75, 3.05) is 26.7 Å². The lowest BCUT2D eigenvalue weighted by Crippen LogP contribution is -2.40. The van der Waals surface area contributed by atoms with E-state index in [1.54, 1.807) is 18.9 Å². The van der Waals surface area contributed by atoms with Crippen LogP contribution in [0.5, 0.6) is 0 Å². The molecule has 0 saturated carbocycles. The highest BCUT2D eigenvalue weighted by Gasteiger charge is 2.08. The molecular weight excluding hydrogens is 238 g/mol. The minimum atomic E-state index is -0.817. The van der Waals surface area contributed by atoms with Crippen molar-refractivity contribution in [3.8, 4) is 0 Å². The van der Waals surface area contributed by atoms with Crippen molar-refractivity contribution in [2.45, 2.75) is 19.6 Å². The first-order chi connectivity index (χ1) is 8.43. The van der Waals surface area contributed by atoms with Gasteiger partial charge in [-0.15, -0.1) is 0 Å². The molecule has 0 spiro atoms. The number of aryl methyl sites for hydroxylation is 1. The summed E-state index contributed by atoms with van der Waals surface area (Å²) < 4.78 is 1.11. The van der Waals surface area contributed by atoms with E-state index in [2.05, 4.69) is 4.98 Å². The van der Waals surface area contributed by atoms with Gasteiger partial charge < -0.3 is 20.1 Å². The van der Waals surface area contributed by atoms with Crippen LogP contribution in [0.2, 0.25) is 0 Å². The van der Waals surface area contributed by atoms with Crippen LogP contribution in [-0.4, -0.2) is 57.5 Å². The Morgan fingerprint density at radius 2 is 2.17 bits per heavy atom. The van der Waals surface area contributed by atoms with Crippen molar-refractivity contribution in [1.82, 2.24) is 14.5 Å². The lowest BCUT2D eigenvalue weighted by atomic mass is 10.3. The molecule has 1 aromatic rings. The molecule has 0 bridgehead atoms. The van der Waals surface area contributed by atoms with Crippen molar-refractivity contribution in [1.29, 1.82) is 0 Å². The second-order valence-corrected chi connectivity index (χ2v) is 4.35. The summed E-state index contributed by atoms with van der Waals surface area (Å²) in [6.07, 6.45) is -0.817. The molecule has 0 aliphatic carbocycles. The van der Waals surface area contributed by atoms with E-state index in [1.165, 1.54) is 6.07 Å². The lowest BCUT2D eigenvalue weighted by Gasteiger charge is -2.19. The Morgan fingerprint density at radius 3 is 2.72 bits per heavy atom. The number of aromatic nitrogens is 2. The molecular formula is C11H19N3O4. The molecule has 0 aromatic carbocycles. The summed E-state index contributed by atoms with van der Waals surface area (Å²) >= 11 is 0. The fraction of sp³-hybridized carbons (Fsp3) is 0.636. The number of aromatic amines is 1. The summed E-state index contributed by atoms with van der Waals surface area (Å²) in [7, 11) is 1.74. The molecule has 102 valence electrons. The molecule has 1 rings (SSSR count).